The maximum atomic E-state index is 12.2. The average molecular weight is 270 g/mol. The average Bonchev–Trinajstić information content (AvgIpc) is 2.36. The highest BCUT2D eigenvalue weighted by molar-refractivity contribution is 5.98. The van der Waals surface area contributed by atoms with E-state index in [2.05, 4.69) is 10.3 Å². The van der Waals surface area contributed by atoms with Gasteiger partial charge in [0.05, 0.1) is 16.8 Å². The molecule has 4 heteroatoms. The Morgan fingerprint density at radius 1 is 1.40 bits per heavy atom. The van der Waals surface area contributed by atoms with Gasteiger partial charge in [-0.05, 0) is 49.9 Å². The minimum Gasteiger partial charge on any atom is -0.508 e. The third kappa shape index (κ3) is 2.46. The Kier molecular flexibility index (Phi) is 3.30. The Labute approximate surface area is 117 Å². The predicted molar refractivity (Wildman–Crippen MR) is 77.8 cm³/mol. The number of aromatic hydroxyl groups is 1. The monoisotopic (exact) mass is 270 g/mol. The quantitative estimate of drug-likeness (QED) is 0.901. The van der Waals surface area contributed by atoms with Gasteiger partial charge in [0.1, 0.15) is 5.75 Å². The number of carbonyl (C=O) groups excluding carboxylic acids is 1. The van der Waals surface area contributed by atoms with Gasteiger partial charge in [-0.1, -0.05) is 6.42 Å². The predicted octanol–water partition coefficient (Wildman–Crippen LogP) is 2.78. The summed E-state index contributed by atoms with van der Waals surface area (Å²) in [5.41, 5.74) is 2.09. The molecule has 3 rings (SSSR count). The Morgan fingerprint density at radius 3 is 2.90 bits per heavy atom. The number of hydrogen-bond acceptors (Lipinski definition) is 3. The summed E-state index contributed by atoms with van der Waals surface area (Å²) >= 11 is 0. The number of aromatic nitrogens is 1. The number of hydrogen-bond donors (Lipinski definition) is 2. The lowest BCUT2D eigenvalue weighted by Crippen LogP contribution is -2.32. The second-order valence-electron chi connectivity index (χ2n) is 5.51. The molecule has 0 saturated heterocycles. The number of phenolic OH excluding ortho intramolecular Hbond substituents is 1. The van der Waals surface area contributed by atoms with E-state index in [1.807, 2.05) is 6.92 Å². The van der Waals surface area contributed by atoms with E-state index in [1.165, 1.54) is 19.3 Å². The number of nitrogens with one attached hydrogen (secondary N) is 1. The van der Waals surface area contributed by atoms with Crippen LogP contribution in [0, 0.1) is 12.8 Å². The van der Waals surface area contributed by atoms with E-state index >= 15 is 0 Å². The van der Waals surface area contributed by atoms with Gasteiger partial charge in [0.2, 0.25) is 0 Å². The van der Waals surface area contributed by atoms with E-state index in [0.29, 0.717) is 17.2 Å². The Hall–Kier alpha value is -2.10. The highest BCUT2D eigenvalue weighted by Crippen LogP contribution is 2.25. The molecular formula is C16H18N2O2. The molecule has 1 amide bonds. The van der Waals surface area contributed by atoms with E-state index in [9.17, 15) is 9.90 Å². The van der Waals surface area contributed by atoms with Gasteiger partial charge in [0.25, 0.3) is 5.91 Å². The van der Waals surface area contributed by atoms with Crippen molar-refractivity contribution in [1.82, 2.24) is 10.3 Å². The summed E-state index contributed by atoms with van der Waals surface area (Å²) in [6.07, 6.45) is 3.70. The third-order valence-corrected chi connectivity index (χ3v) is 4.01. The number of fused-ring (bicyclic) bond motifs is 1. The fourth-order valence-electron chi connectivity index (χ4n) is 2.52. The van der Waals surface area contributed by atoms with Gasteiger partial charge in [-0.3, -0.25) is 9.78 Å². The van der Waals surface area contributed by atoms with Gasteiger partial charge in [0.15, 0.2) is 0 Å². The normalized spacial score (nSPS) is 15.1. The SMILES string of the molecule is Cc1nc2ccc(O)cc2cc1C(=O)NCC1CCC1. The molecule has 0 atom stereocenters. The number of nitrogens with zero attached hydrogens (tertiary/aromatic N) is 1. The van der Waals surface area contributed by atoms with Crippen LogP contribution in [-0.2, 0) is 0 Å². The first kappa shape index (κ1) is 12.9. The summed E-state index contributed by atoms with van der Waals surface area (Å²) in [5, 5.41) is 13.3. The van der Waals surface area contributed by atoms with E-state index in [-0.39, 0.29) is 11.7 Å². The van der Waals surface area contributed by atoms with E-state index < -0.39 is 0 Å². The van der Waals surface area contributed by atoms with Crippen LogP contribution in [0.2, 0.25) is 0 Å². The molecular weight excluding hydrogens is 252 g/mol. The smallest absolute Gasteiger partial charge is 0.253 e. The maximum absolute atomic E-state index is 12.2. The third-order valence-electron chi connectivity index (χ3n) is 4.01. The Morgan fingerprint density at radius 2 is 2.20 bits per heavy atom. The largest absolute Gasteiger partial charge is 0.508 e. The van der Waals surface area contributed by atoms with Crippen molar-refractivity contribution in [3.63, 3.8) is 0 Å². The molecule has 1 aromatic carbocycles. The first-order valence-corrected chi connectivity index (χ1v) is 7.02. The first-order valence-electron chi connectivity index (χ1n) is 7.02. The summed E-state index contributed by atoms with van der Waals surface area (Å²) in [5.74, 6) is 0.743. The van der Waals surface area contributed by atoms with Gasteiger partial charge >= 0.3 is 0 Å². The molecule has 2 N–H and O–H groups in total. The number of carbonyl (C=O) groups is 1. The fraction of sp³-hybridized carbons (Fsp3) is 0.375. The van der Waals surface area contributed by atoms with Crippen LogP contribution < -0.4 is 5.32 Å². The molecule has 0 unspecified atom stereocenters. The number of pyridine rings is 1. The van der Waals surface area contributed by atoms with Crippen LogP contribution in [0.4, 0.5) is 0 Å². The molecule has 0 radical (unpaired) electrons. The van der Waals surface area contributed by atoms with Crippen LogP contribution in [0.15, 0.2) is 24.3 Å². The number of benzene rings is 1. The molecule has 0 bridgehead atoms. The standard InChI is InChI=1S/C16H18N2O2/c1-10-14(16(20)17-9-11-3-2-4-11)8-12-7-13(19)5-6-15(12)18-10/h5-8,11,19H,2-4,9H2,1H3,(H,17,20). The van der Waals surface area contributed by atoms with Crippen molar-refractivity contribution in [1.29, 1.82) is 0 Å². The van der Waals surface area contributed by atoms with Gasteiger partial charge in [-0.2, -0.15) is 0 Å². The zero-order valence-electron chi connectivity index (χ0n) is 11.5. The van der Waals surface area contributed by atoms with Crippen LogP contribution >= 0.6 is 0 Å². The molecule has 20 heavy (non-hydrogen) atoms. The second-order valence-corrected chi connectivity index (χ2v) is 5.51. The van der Waals surface area contributed by atoms with Crippen LogP contribution in [0.25, 0.3) is 10.9 Å². The number of aryl methyl sites for hydroxylation is 1. The van der Waals surface area contributed by atoms with Crippen molar-refractivity contribution in [2.24, 2.45) is 5.92 Å². The Balaban J connectivity index is 1.85. The van der Waals surface area contributed by atoms with Crippen molar-refractivity contribution in [3.8, 4) is 5.75 Å². The van der Waals surface area contributed by atoms with Crippen molar-refractivity contribution < 1.29 is 9.90 Å². The minimum absolute atomic E-state index is 0.0767. The van der Waals surface area contributed by atoms with Gasteiger partial charge in [0, 0.05) is 11.9 Å². The molecule has 1 aliphatic rings. The number of phenols is 1. The van der Waals surface area contributed by atoms with Crippen molar-refractivity contribution >= 4 is 16.8 Å². The zero-order valence-corrected chi connectivity index (χ0v) is 11.5. The maximum Gasteiger partial charge on any atom is 0.253 e. The van der Waals surface area contributed by atoms with Gasteiger partial charge in [-0.15, -0.1) is 0 Å². The molecule has 1 aliphatic carbocycles. The van der Waals surface area contributed by atoms with Crippen LogP contribution in [0.1, 0.15) is 35.3 Å². The van der Waals surface area contributed by atoms with Gasteiger partial charge in [-0.25, -0.2) is 0 Å². The van der Waals surface area contributed by atoms with E-state index in [0.717, 1.165) is 17.4 Å². The summed E-state index contributed by atoms with van der Waals surface area (Å²) < 4.78 is 0. The molecule has 1 heterocycles. The van der Waals surface area contributed by atoms with Crippen LogP contribution in [-0.4, -0.2) is 22.5 Å². The molecule has 104 valence electrons. The lowest BCUT2D eigenvalue weighted by molar-refractivity contribution is 0.0938. The fourth-order valence-corrected chi connectivity index (χ4v) is 2.52. The molecule has 1 aromatic heterocycles. The summed E-state index contributed by atoms with van der Waals surface area (Å²) in [6.45, 7) is 2.58. The second kappa shape index (κ2) is 5.12. The highest BCUT2D eigenvalue weighted by Gasteiger charge is 2.19. The molecule has 0 aliphatic heterocycles. The zero-order chi connectivity index (χ0) is 14.1. The molecule has 1 saturated carbocycles. The molecule has 0 spiro atoms. The summed E-state index contributed by atoms with van der Waals surface area (Å²) in [4.78, 5) is 16.7. The van der Waals surface area contributed by atoms with Crippen molar-refractivity contribution in [3.05, 3.63) is 35.5 Å². The Bertz CT molecular complexity index is 663. The first-order chi connectivity index (χ1) is 9.63. The molecule has 4 nitrogen and oxygen atoms in total. The topological polar surface area (TPSA) is 62.2 Å². The van der Waals surface area contributed by atoms with E-state index in [1.54, 1.807) is 24.3 Å². The van der Waals surface area contributed by atoms with Gasteiger partial charge < -0.3 is 10.4 Å². The van der Waals surface area contributed by atoms with Crippen molar-refractivity contribution in [2.75, 3.05) is 6.54 Å². The lowest BCUT2D eigenvalue weighted by Gasteiger charge is -2.25. The molecule has 2 aromatic rings. The number of amides is 1. The highest BCUT2D eigenvalue weighted by atomic mass is 16.3. The minimum atomic E-state index is -0.0767. The van der Waals surface area contributed by atoms with E-state index in [4.69, 9.17) is 0 Å². The van der Waals surface area contributed by atoms with Crippen LogP contribution in [0.5, 0.6) is 5.75 Å². The van der Waals surface area contributed by atoms with Crippen molar-refractivity contribution in [2.45, 2.75) is 26.2 Å². The summed E-state index contributed by atoms with van der Waals surface area (Å²) in [6, 6.07) is 6.79. The van der Waals surface area contributed by atoms with Crippen LogP contribution in [0.3, 0.4) is 0 Å². The summed E-state index contributed by atoms with van der Waals surface area (Å²) in [7, 11) is 0. The lowest BCUT2D eigenvalue weighted by atomic mass is 9.85. The molecule has 1 fully saturated rings. The number of rotatable bonds is 3.